The fraction of sp³-hybridized carbons (Fsp3) is 0.240. The van der Waals surface area contributed by atoms with E-state index in [1.165, 1.54) is 23.0 Å². The Morgan fingerprint density at radius 3 is 2.56 bits per heavy atom. The number of phenols is 1. The van der Waals surface area contributed by atoms with Gasteiger partial charge in [0.1, 0.15) is 23.3 Å². The number of nitrogens with zero attached hydrogens (tertiary/aromatic N) is 2. The van der Waals surface area contributed by atoms with Gasteiger partial charge in [-0.05, 0) is 55.8 Å². The molecule has 2 aromatic carbocycles. The maximum absolute atomic E-state index is 13.6. The van der Waals surface area contributed by atoms with Gasteiger partial charge >= 0.3 is 5.97 Å². The van der Waals surface area contributed by atoms with Crippen molar-refractivity contribution in [1.29, 1.82) is 0 Å². The number of hydrogen-bond donors (Lipinski definition) is 1. The predicted molar refractivity (Wildman–Crippen MR) is 128 cm³/mol. The Morgan fingerprint density at radius 2 is 1.91 bits per heavy atom. The zero-order valence-electron chi connectivity index (χ0n) is 19.2. The van der Waals surface area contributed by atoms with Gasteiger partial charge in [-0.25, -0.2) is 9.79 Å². The smallest absolute Gasteiger partial charge is 0.338 e. The molecule has 0 spiro atoms. The molecule has 4 rings (SSSR count). The van der Waals surface area contributed by atoms with E-state index < -0.39 is 12.0 Å². The minimum atomic E-state index is -0.817. The molecule has 0 saturated carbocycles. The normalized spacial score (nSPS) is 15.5. The summed E-state index contributed by atoms with van der Waals surface area (Å²) >= 11 is 1.22. The van der Waals surface area contributed by atoms with Crippen LogP contribution in [0.2, 0.25) is 0 Å². The van der Waals surface area contributed by atoms with Crippen LogP contribution in [0.3, 0.4) is 0 Å². The fourth-order valence-electron chi connectivity index (χ4n) is 3.86. The first-order valence-corrected chi connectivity index (χ1v) is 11.4. The number of allylic oxidation sites excluding steroid dienone is 1. The number of ether oxygens (including phenoxy) is 3. The van der Waals surface area contributed by atoms with Gasteiger partial charge in [-0.1, -0.05) is 23.5 Å². The first kappa shape index (κ1) is 23.3. The molecule has 0 amide bonds. The third kappa shape index (κ3) is 4.22. The fourth-order valence-corrected chi connectivity index (χ4v) is 4.91. The molecule has 1 atom stereocenters. The lowest BCUT2D eigenvalue weighted by atomic mass is 9.94. The van der Waals surface area contributed by atoms with Crippen LogP contribution in [0.1, 0.15) is 31.0 Å². The summed E-state index contributed by atoms with van der Waals surface area (Å²) in [5, 5.41) is 9.55. The van der Waals surface area contributed by atoms with E-state index >= 15 is 0 Å². The van der Waals surface area contributed by atoms with Crippen molar-refractivity contribution in [2.75, 3.05) is 20.8 Å². The molecule has 0 bridgehead atoms. The van der Waals surface area contributed by atoms with Crippen LogP contribution < -0.4 is 24.4 Å². The number of esters is 1. The maximum atomic E-state index is 13.6. The first-order chi connectivity index (χ1) is 16.4. The standard InChI is InChI=1S/C25H24N2O6S/c1-5-33-24(30)21-14(2)26-25-27(22(21)18-13-17(31-3)10-11-19(18)32-4)23(29)20(34-25)12-15-6-8-16(28)9-7-15/h6-13,22,28H,5H2,1-4H3/b20-12+. The number of methoxy groups -OCH3 is 2. The monoisotopic (exact) mass is 480 g/mol. The molecule has 0 saturated heterocycles. The molecule has 0 aliphatic carbocycles. The van der Waals surface area contributed by atoms with E-state index in [4.69, 9.17) is 14.2 Å². The second kappa shape index (κ2) is 9.56. The molecule has 1 N–H and O–H groups in total. The van der Waals surface area contributed by atoms with E-state index in [0.29, 0.717) is 32.1 Å². The lowest BCUT2D eigenvalue weighted by Gasteiger charge is -2.26. The molecule has 176 valence electrons. The molecule has 1 aromatic heterocycles. The summed E-state index contributed by atoms with van der Waals surface area (Å²) in [4.78, 5) is 31.7. The molecule has 1 unspecified atom stereocenters. The second-order valence-corrected chi connectivity index (χ2v) is 8.51. The number of rotatable bonds is 6. The maximum Gasteiger partial charge on any atom is 0.338 e. The molecule has 34 heavy (non-hydrogen) atoms. The highest BCUT2D eigenvalue weighted by molar-refractivity contribution is 7.07. The third-order valence-corrected chi connectivity index (χ3v) is 6.42. The van der Waals surface area contributed by atoms with Crippen molar-refractivity contribution in [3.8, 4) is 17.2 Å². The Balaban J connectivity index is 2.01. The van der Waals surface area contributed by atoms with Crippen molar-refractivity contribution in [2.45, 2.75) is 19.9 Å². The van der Waals surface area contributed by atoms with Gasteiger partial charge in [-0.2, -0.15) is 0 Å². The minimum Gasteiger partial charge on any atom is -0.508 e. The molecule has 1 aliphatic heterocycles. The number of carbonyl (C=O) groups excluding carboxylic acids is 1. The van der Waals surface area contributed by atoms with Crippen LogP contribution in [0.25, 0.3) is 6.08 Å². The third-order valence-electron chi connectivity index (χ3n) is 5.44. The van der Waals surface area contributed by atoms with Crippen LogP contribution >= 0.6 is 11.3 Å². The number of benzene rings is 2. The molecule has 0 fully saturated rings. The van der Waals surface area contributed by atoms with Crippen molar-refractivity contribution in [3.05, 3.63) is 84.5 Å². The SMILES string of the molecule is CCOC(=O)C1=C(C)N=c2s/c(=C/c3ccc(O)cc3)c(=O)n2C1c1cc(OC)ccc1OC. The number of thiazole rings is 1. The van der Waals surface area contributed by atoms with Crippen LogP contribution in [0.4, 0.5) is 0 Å². The second-order valence-electron chi connectivity index (χ2n) is 7.50. The van der Waals surface area contributed by atoms with Gasteiger partial charge in [0, 0.05) is 5.56 Å². The highest BCUT2D eigenvalue weighted by Gasteiger charge is 2.35. The summed E-state index contributed by atoms with van der Waals surface area (Å²) in [5.74, 6) is 0.639. The highest BCUT2D eigenvalue weighted by atomic mass is 32.1. The molecule has 2 heterocycles. The van der Waals surface area contributed by atoms with Crippen molar-refractivity contribution in [1.82, 2.24) is 4.57 Å². The number of hydrogen-bond acceptors (Lipinski definition) is 8. The largest absolute Gasteiger partial charge is 0.508 e. The Bertz CT molecular complexity index is 1450. The lowest BCUT2D eigenvalue weighted by molar-refractivity contribution is -0.139. The lowest BCUT2D eigenvalue weighted by Crippen LogP contribution is -2.40. The zero-order chi connectivity index (χ0) is 24.4. The first-order valence-electron chi connectivity index (χ1n) is 10.6. The van der Waals surface area contributed by atoms with Gasteiger partial charge in [-0.3, -0.25) is 9.36 Å². The van der Waals surface area contributed by atoms with Crippen molar-refractivity contribution in [3.63, 3.8) is 0 Å². The Labute approximate surface area is 199 Å². The Hall–Kier alpha value is -3.85. The summed E-state index contributed by atoms with van der Waals surface area (Å²) in [6, 6.07) is 10.9. The predicted octanol–water partition coefficient (Wildman–Crippen LogP) is 2.52. The summed E-state index contributed by atoms with van der Waals surface area (Å²) in [5.41, 5.74) is 1.75. The highest BCUT2D eigenvalue weighted by Crippen LogP contribution is 2.37. The number of fused-ring (bicyclic) bond motifs is 1. The number of aromatic nitrogens is 1. The average Bonchev–Trinajstić information content (AvgIpc) is 3.13. The van der Waals surface area contributed by atoms with Crippen LogP contribution in [0.5, 0.6) is 17.2 Å². The van der Waals surface area contributed by atoms with E-state index in [1.807, 2.05) is 0 Å². The molecule has 0 radical (unpaired) electrons. The van der Waals surface area contributed by atoms with Crippen LogP contribution in [0, 0.1) is 0 Å². The van der Waals surface area contributed by atoms with E-state index in [-0.39, 0.29) is 23.5 Å². The summed E-state index contributed by atoms with van der Waals surface area (Å²) in [6.07, 6.45) is 1.73. The molecule has 9 heteroatoms. The molecule has 8 nitrogen and oxygen atoms in total. The van der Waals surface area contributed by atoms with Crippen molar-refractivity contribution in [2.24, 2.45) is 4.99 Å². The zero-order valence-corrected chi connectivity index (χ0v) is 20.0. The van der Waals surface area contributed by atoms with Crippen molar-refractivity contribution < 1.29 is 24.1 Å². The van der Waals surface area contributed by atoms with Gasteiger partial charge in [0.25, 0.3) is 5.56 Å². The average molecular weight is 481 g/mol. The number of carbonyl (C=O) groups is 1. The van der Waals surface area contributed by atoms with E-state index in [0.717, 1.165) is 5.56 Å². The Kier molecular flexibility index (Phi) is 6.56. The van der Waals surface area contributed by atoms with Gasteiger partial charge in [0.15, 0.2) is 4.80 Å². The van der Waals surface area contributed by atoms with Crippen LogP contribution in [-0.2, 0) is 9.53 Å². The van der Waals surface area contributed by atoms with Crippen LogP contribution in [-0.4, -0.2) is 36.5 Å². The summed E-state index contributed by atoms with van der Waals surface area (Å²) < 4.78 is 18.3. The van der Waals surface area contributed by atoms with Crippen LogP contribution in [0.15, 0.2) is 63.5 Å². The van der Waals surface area contributed by atoms with E-state index in [2.05, 4.69) is 4.99 Å². The van der Waals surface area contributed by atoms with Gasteiger partial charge in [0.2, 0.25) is 0 Å². The summed E-state index contributed by atoms with van der Waals surface area (Å²) in [6.45, 7) is 3.63. The molecular weight excluding hydrogens is 456 g/mol. The molecule has 3 aromatic rings. The van der Waals surface area contributed by atoms with E-state index in [1.54, 1.807) is 69.5 Å². The Morgan fingerprint density at radius 1 is 1.18 bits per heavy atom. The van der Waals surface area contributed by atoms with Gasteiger partial charge in [-0.15, -0.1) is 0 Å². The van der Waals surface area contributed by atoms with Gasteiger partial charge < -0.3 is 19.3 Å². The quantitative estimate of drug-likeness (QED) is 0.545. The van der Waals surface area contributed by atoms with Crippen molar-refractivity contribution >= 4 is 23.4 Å². The molecular formula is C25H24N2O6S. The number of phenolic OH excluding ortho intramolecular Hbond substituents is 1. The number of aromatic hydroxyl groups is 1. The summed E-state index contributed by atoms with van der Waals surface area (Å²) in [7, 11) is 3.07. The minimum absolute atomic E-state index is 0.137. The van der Waals surface area contributed by atoms with Gasteiger partial charge in [0.05, 0.1) is 36.6 Å². The molecule has 1 aliphatic rings. The van der Waals surface area contributed by atoms with E-state index in [9.17, 15) is 14.7 Å². The topological polar surface area (TPSA) is 99.4 Å².